The van der Waals surface area contributed by atoms with Crippen LogP contribution in [0.3, 0.4) is 0 Å². The fraction of sp³-hybridized carbons (Fsp3) is 0.818. The van der Waals surface area contributed by atoms with Crippen molar-refractivity contribution in [3.05, 3.63) is 0 Å². The van der Waals surface area contributed by atoms with E-state index in [4.69, 9.17) is 4.74 Å². The zero-order valence-electron chi connectivity index (χ0n) is 10.1. The number of amides is 2. The second kappa shape index (κ2) is 5.18. The summed E-state index contributed by atoms with van der Waals surface area (Å²) in [6.45, 7) is 6.67. The SMILES string of the molecule is CC(C)(C)OC(=O)NCC[C@H]1CCNC1=O. The van der Waals surface area contributed by atoms with Crippen molar-refractivity contribution in [2.75, 3.05) is 13.1 Å². The van der Waals surface area contributed by atoms with Crippen LogP contribution >= 0.6 is 0 Å². The van der Waals surface area contributed by atoms with Gasteiger partial charge in [-0.1, -0.05) is 0 Å². The fourth-order valence-electron chi connectivity index (χ4n) is 1.58. The first-order valence-corrected chi connectivity index (χ1v) is 5.63. The molecule has 92 valence electrons. The number of nitrogens with one attached hydrogen (secondary N) is 2. The number of carbonyl (C=O) groups is 2. The summed E-state index contributed by atoms with van der Waals surface area (Å²) in [5, 5.41) is 5.41. The van der Waals surface area contributed by atoms with Gasteiger partial charge in [-0.25, -0.2) is 4.79 Å². The highest BCUT2D eigenvalue weighted by atomic mass is 16.6. The second-order valence-corrected chi connectivity index (χ2v) is 4.99. The Balaban J connectivity index is 2.15. The molecule has 1 aliphatic rings. The Morgan fingerprint density at radius 1 is 1.56 bits per heavy atom. The van der Waals surface area contributed by atoms with Gasteiger partial charge in [-0.05, 0) is 33.6 Å². The molecule has 0 saturated carbocycles. The molecule has 1 saturated heterocycles. The molecule has 0 radical (unpaired) electrons. The third-order valence-corrected chi connectivity index (χ3v) is 2.32. The lowest BCUT2D eigenvalue weighted by Crippen LogP contribution is -2.34. The molecule has 2 amide bonds. The van der Waals surface area contributed by atoms with Crippen molar-refractivity contribution in [3.63, 3.8) is 0 Å². The average molecular weight is 228 g/mol. The maximum absolute atomic E-state index is 11.3. The molecule has 1 heterocycles. The van der Waals surface area contributed by atoms with E-state index in [2.05, 4.69) is 10.6 Å². The van der Waals surface area contributed by atoms with E-state index in [0.29, 0.717) is 13.0 Å². The minimum atomic E-state index is -0.477. The van der Waals surface area contributed by atoms with Crippen molar-refractivity contribution >= 4 is 12.0 Å². The Labute approximate surface area is 95.9 Å². The van der Waals surface area contributed by atoms with Crippen LogP contribution in [0.2, 0.25) is 0 Å². The molecule has 1 rings (SSSR count). The predicted octanol–water partition coefficient (Wildman–Crippen LogP) is 1.04. The molecule has 0 aromatic carbocycles. The van der Waals surface area contributed by atoms with Gasteiger partial charge in [0.1, 0.15) is 5.60 Å². The maximum Gasteiger partial charge on any atom is 0.407 e. The van der Waals surface area contributed by atoms with Gasteiger partial charge in [-0.3, -0.25) is 4.79 Å². The largest absolute Gasteiger partial charge is 0.444 e. The van der Waals surface area contributed by atoms with Gasteiger partial charge in [0, 0.05) is 19.0 Å². The quantitative estimate of drug-likeness (QED) is 0.758. The van der Waals surface area contributed by atoms with Crippen molar-refractivity contribution < 1.29 is 14.3 Å². The van der Waals surface area contributed by atoms with Gasteiger partial charge in [-0.2, -0.15) is 0 Å². The van der Waals surface area contributed by atoms with Crippen LogP contribution in [0.25, 0.3) is 0 Å². The minimum Gasteiger partial charge on any atom is -0.444 e. The van der Waals surface area contributed by atoms with Crippen LogP contribution in [-0.4, -0.2) is 30.7 Å². The lowest BCUT2D eigenvalue weighted by atomic mass is 10.0. The first kappa shape index (κ1) is 12.8. The van der Waals surface area contributed by atoms with Crippen molar-refractivity contribution in [2.45, 2.75) is 39.2 Å². The van der Waals surface area contributed by atoms with Gasteiger partial charge in [0.05, 0.1) is 0 Å². The molecule has 1 fully saturated rings. The van der Waals surface area contributed by atoms with Crippen molar-refractivity contribution in [2.24, 2.45) is 5.92 Å². The van der Waals surface area contributed by atoms with Gasteiger partial charge in [-0.15, -0.1) is 0 Å². The predicted molar refractivity (Wildman–Crippen MR) is 60.0 cm³/mol. The summed E-state index contributed by atoms with van der Waals surface area (Å²) in [7, 11) is 0. The lowest BCUT2D eigenvalue weighted by molar-refractivity contribution is -0.122. The molecule has 0 aromatic rings. The zero-order valence-corrected chi connectivity index (χ0v) is 10.1. The molecule has 5 heteroatoms. The van der Waals surface area contributed by atoms with Gasteiger partial charge in [0.25, 0.3) is 0 Å². The summed E-state index contributed by atoms with van der Waals surface area (Å²) < 4.78 is 5.08. The molecule has 0 unspecified atom stereocenters. The van der Waals surface area contributed by atoms with Crippen molar-refractivity contribution in [3.8, 4) is 0 Å². The van der Waals surface area contributed by atoms with Crippen LogP contribution in [0, 0.1) is 5.92 Å². The number of ether oxygens (including phenoxy) is 1. The standard InChI is InChI=1S/C11H20N2O3/c1-11(2,3)16-10(15)13-7-5-8-4-6-12-9(8)14/h8H,4-7H2,1-3H3,(H,12,14)(H,13,15)/t8-/m1/s1. The number of carbonyl (C=O) groups excluding carboxylic acids is 2. The first-order chi connectivity index (χ1) is 7.38. The summed E-state index contributed by atoms with van der Waals surface area (Å²) in [6.07, 6.45) is 1.10. The van der Waals surface area contributed by atoms with Gasteiger partial charge >= 0.3 is 6.09 Å². The molecule has 2 N–H and O–H groups in total. The highest BCUT2D eigenvalue weighted by Gasteiger charge is 2.23. The third-order valence-electron chi connectivity index (χ3n) is 2.32. The molecule has 5 nitrogen and oxygen atoms in total. The van der Waals surface area contributed by atoms with Gasteiger partial charge in [0.15, 0.2) is 0 Å². The first-order valence-electron chi connectivity index (χ1n) is 5.63. The molecule has 1 aliphatic heterocycles. The zero-order chi connectivity index (χ0) is 12.2. The Morgan fingerprint density at radius 2 is 2.25 bits per heavy atom. The lowest BCUT2D eigenvalue weighted by Gasteiger charge is -2.19. The molecule has 1 atom stereocenters. The second-order valence-electron chi connectivity index (χ2n) is 4.99. The number of hydrogen-bond acceptors (Lipinski definition) is 3. The van der Waals surface area contributed by atoms with E-state index < -0.39 is 11.7 Å². The molecular weight excluding hydrogens is 208 g/mol. The molecule has 0 bridgehead atoms. The van der Waals surface area contributed by atoms with E-state index in [1.807, 2.05) is 20.8 Å². The Hall–Kier alpha value is -1.26. The highest BCUT2D eigenvalue weighted by molar-refractivity contribution is 5.80. The third kappa shape index (κ3) is 4.51. The van der Waals surface area contributed by atoms with Crippen molar-refractivity contribution in [1.82, 2.24) is 10.6 Å². The normalized spacial score (nSPS) is 20.4. The van der Waals surface area contributed by atoms with Crippen LogP contribution in [0.5, 0.6) is 0 Å². The maximum atomic E-state index is 11.3. The van der Waals surface area contributed by atoms with Crippen LogP contribution in [0.1, 0.15) is 33.6 Å². The summed E-state index contributed by atoms with van der Waals surface area (Å²) >= 11 is 0. The van der Waals surface area contributed by atoms with E-state index in [-0.39, 0.29) is 11.8 Å². The summed E-state index contributed by atoms with van der Waals surface area (Å²) in [6, 6.07) is 0. The summed E-state index contributed by atoms with van der Waals surface area (Å²) in [5.41, 5.74) is -0.477. The monoisotopic (exact) mass is 228 g/mol. The van der Waals surface area contributed by atoms with Crippen molar-refractivity contribution in [1.29, 1.82) is 0 Å². The Kier molecular flexibility index (Phi) is 4.15. The summed E-state index contributed by atoms with van der Waals surface area (Å²) in [5.74, 6) is 0.126. The molecule has 0 aliphatic carbocycles. The topological polar surface area (TPSA) is 67.4 Å². The average Bonchev–Trinajstić information content (AvgIpc) is 2.48. The summed E-state index contributed by atoms with van der Waals surface area (Å²) in [4.78, 5) is 22.5. The molecule has 0 aromatic heterocycles. The fourth-order valence-corrected chi connectivity index (χ4v) is 1.58. The van der Waals surface area contributed by atoms with Gasteiger partial charge in [0.2, 0.25) is 5.91 Å². The minimum absolute atomic E-state index is 0.0370. The molecule has 16 heavy (non-hydrogen) atoms. The van der Waals surface area contributed by atoms with E-state index in [1.54, 1.807) is 0 Å². The van der Waals surface area contributed by atoms with Crippen LogP contribution < -0.4 is 10.6 Å². The Morgan fingerprint density at radius 3 is 2.75 bits per heavy atom. The number of rotatable bonds is 3. The van der Waals surface area contributed by atoms with E-state index in [9.17, 15) is 9.59 Å². The van der Waals surface area contributed by atoms with Gasteiger partial charge < -0.3 is 15.4 Å². The molecule has 0 spiro atoms. The molecular formula is C11H20N2O3. The van der Waals surface area contributed by atoms with E-state index in [1.165, 1.54) is 0 Å². The van der Waals surface area contributed by atoms with Crippen LogP contribution in [0.4, 0.5) is 4.79 Å². The van der Waals surface area contributed by atoms with Crippen LogP contribution in [0.15, 0.2) is 0 Å². The van der Waals surface area contributed by atoms with E-state index >= 15 is 0 Å². The Bertz CT molecular complexity index is 271. The number of hydrogen-bond donors (Lipinski definition) is 2. The van der Waals surface area contributed by atoms with Crippen LogP contribution in [-0.2, 0) is 9.53 Å². The smallest absolute Gasteiger partial charge is 0.407 e. The number of alkyl carbamates (subject to hydrolysis) is 1. The van der Waals surface area contributed by atoms with E-state index in [0.717, 1.165) is 13.0 Å². The highest BCUT2D eigenvalue weighted by Crippen LogP contribution is 2.13.